The number of hydrogen-bond donors (Lipinski definition) is 1. The molecular formula is C8H12ClF2NO. The van der Waals surface area contributed by atoms with Crippen LogP contribution < -0.4 is 5.73 Å². The van der Waals surface area contributed by atoms with Crippen LogP contribution in [0.2, 0.25) is 0 Å². The first-order valence-electron chi connectivity index (χ1n) is 3.69. The summed E-state index contributed by atoms with van der Waals surface area (Å²) in [6, 6.07) is 2.64. The van der Waals surface area contributed by atoms with Gasteiger partial charge in [-0.2, -0.15) is 0 Å². The molecule has 0 unspecified atom stereocenters. The van der Waals surface area contributed by atoms with Crippen molar-refractivity contribution in [2.24, 2.45) is 5.73 Å². The molecule has 1 aromatic heterocycles. The first-order chi connectivity index (χ1) is 5.59. The van der Waals surface area contributed by atoms with Crippen LogP contribution in [0, 0.1) is 6.92 Å². The quantitative estimate of drug-likeness (QED) is 0.835. The van der Waals surface area contributed by atoms with E-state index in [1.54, 1.807) is 19.1 Å². The highest BCUT2D eigenvalue weighted by molar-refractivity contribution is 5.85. The Morgan fingerprint density at radius 1 is 1.46 bits per heavy atom. The van der Waals surface area contributed by atoms with Gasteiger partial charge in [0.1, 0.15) is 11.5 Å². The number of furan rings is 1. The van der Waals surface area contributed by atoms with Crippen molar-refractivity contribution in [2.75, 3.05) is 0 Å². The SMILES string of the molecule is Cc1ccc([C@@H](N)CC(F)F)o1.Cl. The highest BCUT2D eigenvalue weighted by Gasteiger charge is 2.15. The zero-order valence-electron chi connectivity index (χ0n) is 7.17. The highest BCUT2D eigenvalue weighted by Crippen LogP contribution is 2.19. The van der Waals surface area contributed by atoms with Gasteiger partial charge < -0.3 is 10.2 Å². The number of nitrogens with two attached hydrogens (primary N) is 1. The molecule has 0 aromatic carbocycles. The van der Waals surface area contributed by atoms with E-state index in [1.807, 2.05) is 0 Å². The van der Waals surface area contributed by atoms with Crippen LogP contribution in [0.5, 0.6) is 0 Å². The van der Waals surface area contributed by atoms with Crippen molar-refractivity contribution in [3.8, 4) is 0 Å². The van der Waals surface area contributed by atoms with Crippen molar-refractivity contribution in [3.63, 3.8) is 0 Å². The lowest BCUT2D eigenvalue weighted by molar-refractivity contribution is 0.124. The lowest BCUT2D eigenvalue weighted by Crippen LogP contribution is -2.12. The fraction of sp³-hybridized carbons (Fsp3) is 0.500. The number of rotatable bonds is 3. The Morgan fingerprint density at radius 2 is 2.08 bits per heavy atom. The van der Waals surface area contributed by atoms with Crippen LogP contribution >= 0.6 is 12.4 Å². The minimum Gasteiger partial charge on any atom is -0.465 e. The second-order valence-electron chi connectivity index (χ2n) is 2.68. The van der Waals surface area contributed by atoms with Gasteiger partial charge in [-0.25, -0.2) is 8.78 Å². The van der Waals surface area contributed by atoms with Crippen LogP contribution in [0.25, 0.3) is 0 Å². The summed E-state index contributed by atoms with van der Waals surface area (Å²) in [7, 11) is 0. The summed E-state index contributed by atoms with van der Waals surface area (Å²) >= 11 is 0. The Hall–Kier alpha value is -0.610. The van der Waals surface area contributed by atoms with E-state index < -0.39 is 12.5 Å². The molecule has 1 atom stereocenters. The molecule has 2 nitrogen and oxygen atoms in total. The molecule has 76 valence electrons. The van der Waals surface area contributed by atoms with Crippen molar-refractivity contribution in [3.05, 3.63) is 23.7 Å². The van der Waals surface area contributed by atoms with Gasteiger partial charge in [-0.1, -0.05) is 0 Å². The van der Waals surface area contributed by atoms with Gasteiger partial charge in [0.2, 0.25) is 6.43 Å². The summed E-state index contributed by atoms with van der Waals surface area (Å²) in [4.78, 5) is 0. The summed E-state index contributed by atoms with van der Waals surface area (Å²) in [5.74, 6) is 1.11. The molecule has 2 N–H and O–H groups in total. The topological polar surface area (TPSA) is 39.2 Å². The smallest absolute Gasteiger partial charge is 0.240 e. The van der Waals surface area contributed by atoms with Crippen LogP contribution in [-0.2, 0) is 0 Å². The van der Waals surface area contributed by atoms with E-state index in [-0.39, 0.29) is 18.8 Å². The Labute approximate surface area is 81.5 Å². The number of hydrogen-bond acceptors (Lipinski definition) is 2. The first kappa shape index (κ1) is 12.4. The maximum absolute atomic E-state index is 11.9. The van der Waals surface area contributed by atoms with Gasteiger partial charge in [0, 0.05) is 6.42 Å². The molecule has 0 amide bonds. The number of alkyl halides is 2. The van der Waals surface area contributed by atoms with Gasteiger partial charge in [0.15, 0.2) is 0 Å². The first-order valence-corrected chi connectivity index (χ1v) is 3.69. The molecule has 0 aliphatic heterocycles. The Morgan fingerprint density at radius 3 is 2.46 bits per heavy atom. The molecule has 0 saturated heterocycles. The molecule has 0 saturated carbocycles. The van der Waals surface area contributed by atoms with Gasteiger partial charge in [-0.3, -0.25) is 0 Å². The summed E-state index contributed by atoms with van der Waals surface area (Å²) in [6.45, 7) is 1.75. The lowest BCUT2D eigenvalue weighted by Gasteiger charge is -2.06. The number of aryl methyl sites for hydroxylation is 1. The molecule has 0 bridgehead atoms. The molecule has 0 radical (unpaired) electrons. The van der Waals surface area contributed by atoms with Crippen molar-refractivity contribution >= 4 is 12.4 Å². The summed E-state index contributed by atoms with van der Waals surface area (Å²) in [6.07, 6.45) is -2.74. The summed E-state index contributed by atoms with van der Waals surface area (Å²) in [5.41, 5.74) is 5.44. The largest absolute Gasteiger partial charge is 0.465 e. The van der Waals surface area contributed by atoms with E-state index in [1.165, 1.54) is 0 Å². The van der Waals surface area contributed by atoms with E-state index in [0.29, 0.717) is 11.5 Å². The number of halogens is 3. The maximum Gasteiger partial charge on any atom is 0.240 e. The molecule has 1 aromatic rings. The maximum atomic E-state index is 11.9. The summed E-state index contributed by atoms with van der Waals surface area (Å²) < 4.78 is 28.8. The molecule has 1 heterocycles. The standard InChI is InChI=1S/C8H11F2NO.ClH/c1-5-2-3-7(12-5)6(11)4-8(9)10;/h2-3,6,8H,4,11H2,1H3;1H/t6-;/m0./s1. The van der Waals surface area contributed by atoms with Gasteiger partial charge in [0.05, 0.1) is 6.04 Å². The van der Waals surface area contributed by atoms with E-state index in [0.717, 1.165) is 0 Å². The highest BCUT2D eigenvalue weighted by atomic mass is 35.5. The van der Waals surface area contributed by atoms with Crippen LogP contribution in [0.3, 0.4) is 0 Å². The fourth-order valence-corrected chi connectivity index (χ4v) is 0.961. The third-order valence-electron chi connectivity index (χ3n) is 1.56. The predicted octanol–water partition coefficient (Wildman–Crippen LogP) is 2.66. The second-order valence-corrected chi connectivity index (χ2v) is 2.68. The van der Waals surface area contributed by atoms with Gasteiger partial charge in [-0.15, -0.1) is 12.4 Å². The Balaban J connectivity index is 0.00000144. The fourth-order valence-electron chi connectivity index (χ4n) is 0.961. The van der Waals surface area contributed by atoms with Crippen molar-refractivity contribution in [1.82, 2.24) is 0 Å². The minimum absolute atomic E-state index is 0. The molecule has 0 fully saturated rings. The normalized spacial score (nSPS) is 12.7. The molecule has 13 heavy (non-hydrogen) atoms. The lowest BCUT2D eigenvalue weighted by atomic mass is 10.2. The van der Waals surface area contributed by atoms with E-state index in [2.05, 4.69) is 0 Å². The zero-order valence-corrected chi connectivity index (χ0v) is 7.98. The van der Waals surface area contributed by atoms with Crippen LogP contribution in [0.1, 0.15) is 24.0 Å². The Kier molecular flexibility index (Phi) is 4.95. The average molecular weight is 212 g/mol. The van der Waals surface area contributed by atoms with Gasteiger partial charge in [-0.05, 0) is 19.1 Å². The summed E-state index contributed by atoms with van der Waals surface area (Å²) in [5, 5.41) is 0. The monoisotopic (exact) mass is 211 g/mol. The molecule has 0 aliphatic rings. The molecule has 0 spiro atoms. The van der Waals surface area contributed by atoms with Gasteiger partial charge >= 0.3 is 0 Å². The minimum atomic E-state index is -2.38. The zero-order chi connectivity index (χ0) is 9.14. The second kappa shape index (κ2) is 5.19. The third kappa shape index (κ3) is 3.74. The van der Waals surface area contributed by atoms with Crippen molar-refractivity contribution in [1.29, 1.82) is 0 Å². The van der Waals surface area contributed by atoms with E-state index in [4.69, 9.17) is 10.2 Å². The molecular weight excluding hydrogens is 200 g/mol. The third-order valence-corrected chi connectivity index (χ3v) is 1.56. The van der Waals surface area contributed by atoms with Crippen molar-refractivity contribution in [2.45, 2.75) is 25.8 Å². The van der Waals surface area contributed by atoms with Crippen molar-refractivity contribution < 1.29 is 13.2 Å². The van der Waals surface area contributed by atoms with Gasteiger partial charge in [0.25, 0.3) is 0 Å². The molecule has 0 aliphatic carbocycles. The molecule has 5 heteroatoms. The molecule has 1 rings (SSSR count). The Bertz CT molecular complexity index is 252. The van der Waals surface area contributed by atoms with Crippen LogP contribution in [0.15, 0.2) is 16.5 Å². The van der Waals surface area contributed by atoms with Crippen LogP contribution in [-0.4, -0.2) is 6.43 Å². The average Bonchev–Trinajstić information content (AvgIpc) is 2.34. The van der Waals surface area contributed by atoms with Crippen LogP contribution in [0.4, 0.5) is 8.78 Å². The van der Waals surface area contributed by atoms with E-state index >= 15 is 0 Å². The predicted molar refractivity (Wildman–Crippen MR) is 48.2 cm³/mol. The van der Waals surface area contributed by atoms with E-state index in [9.17, 15) is 8.78 Å².